The molecule has 86 valence electrons. The quantitative estimate of drug-likeness (QED) is 0.822. The van der Waals surface area contributed by atoms with Gasteiger partial charge in [0.15, 0.2) is 0 Å². The third kappa shape index (κ3) is 2.68. The lowest BCUT2D eigenvalue weighted by molar-refractivity contribution is -0.119. The Morgan fingerprint density at radius 1 is 1.31 bits per heavy atom. The van der Waals surface area contributed by atoms with Crippen LogP contribution in [0.1, 0.15) is 12.8 Å². The molecule has 0 bridgehead atoms. The summed E-state index contributed by atoms with van der Waals surface area (Å²) in [5.74, 6) is -1.20. The van der Waals surface area contributed by atoms with Crippen molar-refractivity contribution in [1.29, 1.82) is 0 Å². The molecule has 0 radical (unpaired) electrons. The van der Waals surface area contributed by atoms with E-state index in [2.05, 4.69) is 10.6 Å². The number of halogens is 2. The fraction of sp³-hybridized carbons (Fsp3) is 0.364. The van der Waals surface area contributed by atoms with Crippen LogP contribution in [0.3, 0.4) is 0 Å². The van der Waals surface area contributed by atoms with Gasteiger partial charge in [-0.3, -0.25) is 4.79 Å². The molecule has 1 aliphatic heterocycles. The first kappa shape index (κ1) is 10.9. The Labute approximate surface area is 91.8 Å². The van der Waals surface area contributed by atoms with Crippen molar-refractivity contribution in [1.82, 2.24) is 5.32 Å². The summed E-state index contributed by atoms with van der Waals surface area (Å²) in [4.78, 5) is 10.9. The average Bonchev–Trinajstić information content (AvgIpc) is 2.60. The molecule has 0 aromatic heterocycles. The van der Waals surface area contributed by atoms with Gasteiger partial charge in [0.1, 0.15) is 11.6 Å². The van der Waals surface area contributed by atoms with Gasteiger partial charge in [0.25, 0.3) is 0 Å². The highest BCUT2D eigenvalue weighted by atomic mass is 19.1. The highest BCUT2D eigenvalue weighted by Gasteiger charge is 2.20. The molecule has 1 atom stereocenters. The maximum atomic E-state index is 12.8. The van der Waals surface area contributed by atoms with E-state index in [0.29, 0.717) is 18.7 Å². The van der Waals surface area contributed by atoms with Crippen molar-refractivity contribution in [3.63, 3.8) is 0 Å². The molecule has 1 fully saturated rings. The van der Waals surface area contributed by atoms with Crippen molar-refractivity contribution < 1.29 is 13.6 Å². The van der Waals surface area contributed by atoms with E-state index in [1.165, 1.54) is 12.1 Å². The third-order valence-corrected chi connectivity index (χ3v) is 2.50. The van der Waals surface area contributed by atoms with Gasteiger partial charge in [0.05, 0.1) is 0 Å². The molecule has 1 heterocycles. The van der Waals surface area contributed by atoms with E-state index in [9.17, 15) is 13.6 Å². The molecule has 1 aliphatic rings. The van der Waals surface area contributed by atoms with Crippen molar-refractivity contribution in [3.05, 3.63) is 29.8 Å². The standard InChI is InChI=1S/C11H12F2N2O/c12-7-3-8(13)5-10(4-7)14-6-9-1-2-11(16)15-9/h3-5,9,14H,1-2,6H2,(H,15,16)/t9-/m0/s1. The Morgan fingerprint density at radius 3 is 2.56 bits per heavy atom. The zero-order chi connectivity index (χ0) is 11.5. The van der Waals surface area contributed by atoms with Crippen LogP contribution in [0.4, 0.5) is 14.5 Å². The van der Waals surface area contributed by atoms with Crippen LogP contribution >= 0.6 is 0 Å². The molecular formula is C11H12F2N2O. The topological polar surface area (TPSA) is 41.1 Å². The fourth-order valence-corrected chi connectivity index (χ4v) is 1.73. The summed E-state index contributed by atoms with van der Waals surface area (Å²) < 4.78 is 25.7. The second kappa shape index (κ2) is 4.47. The molecule has 0 saturated carbocycles. The second-order valence-corrected chi connectivity index (χ2v) is 3.84. The lowest BCUT2D eigenvalue weighted by Gasteiger charge is -2.12. The molecule has 1 amide bonds. The monoisotopic (exact) mass is 226 g/mol. The van der Waals surface area contributed by atoms with Crippen LogP contribution in [0.2, 0.25) is 0 Å². The molecule has 16 heavy (non-hydrogen) atoms. The maximum absolute atomic E-state index is 12.8. The molecule has 1 aromatic rings. The van der Waals surface area contributed by atoms with E-state index in [-0.39, 0.29) is 11.9 Å². The summed E-state index contributed by atoms with van der Waals surface area (Å²) in [6.45, 7) is 0.481. The lowest BCUT2D eigenvalue weighted by atomic mass is 10.2. The number of carbonyl (C=O) groups excluding carboxylic acids is 1. The van der Waals surface area contributed by atoms with E-state index in [4.69, 9.17) is 0 Å². The van der Waals surface area contributed by atoms with Gasteiger partial charge in [-0.1, -0.05) is 0 Å². The number of carbonyl (C=O) groups is 1. The SMILES string of the molecule is O=C1CC[C@@H](CNc2cc(F)cc(F)c2)N1. The number of rotatable bonds is 3. The zero-order valence-electron chi connectivity index (χ0n) is 8.59. The van der Waals surface area contributed by atoms with E-state index in [1.54, 1.807) is 0 Å². The van der Waals surface area contributed by atoms with Gasteiger partial charge in [-0.2, -0.15) is 0 Å². The average molecular weight is 226 g/mol. The Morgan fingerprint density at radius 2 is 2.00 bits per heavy atom. The third-order valence-electron chi connectivity index (χ3n) is 2.50. The first-order valence-electron chi connectivity index (χ1n) is 5.13. The predicted octanol–water partition coefficient (Wildman–Crippen LogP) is 1.66. The van der Waals surface area contributed by atoms with Crippen molar-refractivity contribution in [2.75, 3.05) is 11.9 Å². The highest BCUT2D eigenvalue weighted by molar-refractivity contribution is 5.78. The number of hydrogen-bond acceptors (Lipinski definition) is 2. The van der Waals surface area contributed by atoms with Crippen LogP contribution in [-0.2, 0) is 4.79 Å². The minimum atomic E-state index is -0.613. The second-order valence-electron chi connectivity index (χ2n) is 3.84. The predicted molar refractivity (Wildman–Crippen MR) is 56.0 cm³/mol. The normalized spacial score (nSPS) is 19.6. The van der Waals surface area contributed by atoms with Gasteiger partial charge >= 0.3 is 0 Å². The smallest absolute Gasteiger partial charge is 0.220 e. The van der Waals surface area contributed by atoms with Gasteiger partial charge in [0, 0.05) is 30.8 Å². The Hall–Kier alpha value is -1.65. The molecule has 0 aliphatic carbocycles. The van der Waals surface area contributed by atoms with Crippen LogP contribution in [0.25, 0.3) is 0 Å². The molecule has 1 aromatic carbocycles. The van der Waals surface area contributed by atoms with Gasteiger partial charge in [0.2, 0.25) is 5.91 Å². The lowest BCUT2D eigenvalue weighted by Crippen LogP contribution is -2.31. The first-order valence-corrected chi connectivity index (χ1v) is 5.13. The van der Waals surface area contributed by atoms with Gasteiger partial charge in [-0.25, -0.2) is 8.78 Å². The summed E-state index contributed by atoms with van der Waals surface area (Å²) in [7, 11) is 0. The first-order chi connectivity index (χ1) is 7.63. The molecule has 1 saturated heterocycles. The Balaban J connectivity index is 1.91. The van der Waals surface area contributed by atoms with Crippen molar-refractivity contribution in [3.8, 4) is 0 Å². The molecule has 0 spiro atoms. The van der Waals surface area contributed by atoms with Crippen molar-refractivity contribution in [2.45, 2.75) is 18.9 Å². The van der Waals surface area contributed by atoms with Gasteiger partial charge in [-0.05, 0) is 18.6 Å². The molecular weight excluding hydrogens is 214 g/mol. The van der Waals surface area contributed by atoms with E-state index >= 15 is 0 Å². The molecule has 2 N–H and O–H groups in total. The van der Waals surface area contributed by atoms with Crippen LogP contribution in [-0.4, -0.2) is 18.5 Å². The Kier molecular flexibility index (Phi) is 3.03. The van der Waals surface area contributed by atoms with Crippen LogP contribution in [0, 0.1) is 11.6 Å². The summed E-state index contributed by atoms with van der Waals surface area (Å²) in [6.07, 6.45) is 1.27. The molecule has 0 unspecified atom stereocenters. The summed E-state index contributed by atoms with van der Waals surface area (Å²) in [6, 6.07) is 3.31. The number of nitrogens with one attached hydrogen (secondary N) is 2. The number of benzene rings is 1. The van der Waals surface area contributed by atoms with Crippen LogP contribution in [0.15, 0.2) is 18.2 Å². The number of hydrogen-bond donors (Lipinski definition) is 2. The van der Waals surface area contributed by atoms with E-state index in [0.717, 1.165) is 12.5 Å². The van der Waals surface area contributed by atoms with E-state index in [1.807, 2.05) is 0 Å². The highest BCUT2D eigenvalue weighted by Crippen LogP contribution is 2.14. The zero-order valence-corrected chi connectivity index (χ0v) is 8.59. The minimum absolute atomic E-state index is 0.0252. The van der Waals surface area contributed by atoms with Crippen molar-refractivity contribution in [2.24, 2.45) is 0 Å². The Bertz CT molecular complexity index is 389. The minimum Gasteiger partial charge on any atom is -0.383 e. The summed E-state index contributed by atoms with van der Waals surface area (Å²) in [5, 5.41) is 5.66. The van der Waals surface area contributed by atoms with Crippen LogP contribution in [0.5, 0.6) is 0 Å². The molecule has 3 nitrogen and oxygen atoms in total. The largest absolute Gasteiger partial charge is 0.383 e. The van der Waals surface area contributed by atoms with Gasteiger partial charge < -0.3 is 10.6 Å². The number of amides is 1. The van der Waals surface area contributed by atoms with Gasteiger partial charge in [-0.15, -0.1) is 0 Å². The van der Waals surface area contributed by atoms with Crippen LogP contribution < -0.4 is 10.6 Å². The molecule has 5 heteroatoms. The van der Waals surface area contributed by atoms with Crippen molar-refractivity contribution >= 4 is 11.6 Å². The summed E-state index contributed by atoms with van der Waals surface area (Å²) in [5.41, 5.74) is 0.388. The summed E-state index contributed by atoms with van der Waals surface area (Å²) >= 11 is 0. The fourth-order valence-electron chi connectivity index (χ4n) is 1.73. The number of anilines is 1. The maximum Gasteiger partial charge on any atom is 0.220 e. The van der Waals surface area contributed by atoms with E-state index < -0.39 is 11.6 Å². The molecule has 2 rings (SSSR count).